The monoisotopic (exact) mass is 470 g/mol. The second-order valence-electron chi connectivity index (χ2n) is 10.1. The molecule has 0 bridgehead atoms. The van der Waals surface area contributed by atoms with Crippen molar-refractivity contribution in [3.63, 3.8) is 0 Å². The fourth-order valence-electron chi connectivity index (χ4n) is 6.69. The molecule has 0 aromatic carbocycles. The second-order valence-corrected chi connectivity index (χ2v) is 10.6. The van der Waals surface area contributed by atoms with Crippen molar-refractivity contribution >= 4 is 23.2 Å². The summed E-state index contributed by atoms with van der Waals surface area (Å²) >= 11 is 6.74. The highest BCUT2D eigenvalue weighted by molar-refractivity contribution is 6.22. The van der Waals surface area contributed by atoms with Crippen molar-refractivity contribution in [3.05, 3.63) is 11.3 Å². The van der Waals surface area contributed by atoms with Gasteiger partial charge < -0.3 is 18.9 Å². The number of alkyl halides is 2. The Morgan fingerprint density at radius 2 is 1.75 bits per heavy atom. The first-order chi connectivity index (χ1) is 15.3. The van der Waals surface area contributed by atoms with Crippen LogP contribution < -0.4 is 0 Å². The number of carbonyl (C=O) groups is 2. The van der Waals surface area contributed by atoms with Gasteiger partial charge in [-0.05, 0) is 31.6 Å². The quantitative estimate of drug-likeness (QED) is 0.588. The molecular formula is C24H32ClFO6. The van der Waals surface area contributed by atoms with E-state index < -0.39 is 29.2 Å². The zero-order valence-corrected chi connectivity index (χ0v) is 19.6. The molecule has 6 nitrogen and oxygen atoms in total. The van der Waals surface area contributed by atoms with E-state index >= 15 is 0 Å². The smallest absolute Gasteiger partial charge is 0.187 e. The van der Waals surface area contributed by atoms with E-state index in [1.54, 1.807) is 14.2 Å². The number of hydrogen-bond acceptors (Lipinski definition) is 6. The van der Waals surface area contributed by atoms with Crippen molar-refractivity contribution in [2.75, 3.05) is 14.2 Å². The van der Waals surface area contributed by atoms with Gasteiger partial charge in [0.2, 0.25) is 0 Å². The minimum Gasteiger partial charge on any atom is -0.490 e. The van der Waals surface area contributed by atoms with Gasteiger partial charge in [0, 0.05) is 45.0 Å². The van der Waals surface area contributed by atoms with Crippen molar-refractivity contribution in [2.24, 2.45) is 17.8 Å². The normalized spacial score (nSPS) is 48.7. The van der Waals surface area contributed by atoms with Crippen molar-refractivity contribution in [1.82, 2.24) is 0 Å². The van der Waals surface area contributed by atoms with Gasteiger partial charge in [-0.3, -0.25) is 9.59 Å². The van der Waals surface area contributed by atoms with E-state index in [2.05, 4.69) is 0 Å². The van der Waals surface area contributed by atoms with Crippen LogP contribution in [-0.2, 0) is 28.5 Å². The predicted octanol–water partition coefficient (Wildman–Crippen LogP) is 3.53. The Morgan fingerprint density at radius 1 is 1.06 bits per heavy atom. The lowest BCUT2D eigenvalue weighted by Gasteiger charge is -2.39. The number of ether oxygens (including phenoxy) is 4. The van der Waals surface area contributed by atoms with Crippen LogP contribution in [-0.4, -0.2) is 67.4 Å². The maximum atomic E-state index is 14.0. The van der Waals surface area contributed by atoms with Crippen LogP contribution in [0.5, 0.6) is 0 Å². The minimum absolute atomic E-state index is 0.0200. The van der Waals surface area contributed by atoms with Crippen molar-refractivity contribution in [3.8, 4) is 0 Å². The average molecular weight is 471 g/mol. The molecule has 1 spiro atoms. The van der Waals surface area contributed by atoms with Crippen LogP contribution in [0, 0.1) is 17.8 Å². The summed E-state index contributed by atoms with van der Waals surface area (Å²) in [6, 6.07) is 0. The zero-order valence-electron chi connectivity index (χ0n) is 18.9. The number of methoxy groups -OCH3 is 2. The fraction of sp³-hybridized carbons (Fsp3) is 0.833. The molecule has 0 N–H and O–H groups in total. The lowest BCUT2D eigenvalue weighted by molar-refractivity contribution is -0.147. The molecule has 0 radical (unpaired) electrons. The van der Waals surface area contributed by atoms with Crippen molar-refractivity contribution in [2.45, 2.75) is 93.4 Å². The molecule has 3 aliphatic carbocycles. The molecule has 5 unspecified atom stereocenters. The third kappa shape index (κ3) is 3.22. The summed E-state index contributed by atoms with van der Waals surface area (Å²) in [5.41, 5.74) is -0.747. The first-order valence-corrected chi connectivity index (χ1v) is 12.2. The number of rotatable bonds is 3. The van der Waals surface area contributed by atoms with Gasteiger partial charge in [0.1, 0.15) is 18.0 Å². The molecule has 2 saturated carbocycles. The molecule has 5 aliphatic rings. The summed E-state index contributed by atoms with van der Waals surface area (Å²) in [6.45, 7) is 1.88. The van der Waals surface area contributed by atoms with E-state index in [4.69, 9.17) is 30.5 Å². The van der Waals surface area contributed by atoms with Crippen LogP contribution in [0.2, 0.25) is 0 Å². The SMILES string of the molecule is COC1CC(OC)C2C(=O)[C@@]3(OC2C1Cl)C1=C(C[C@H](C2CCC(F)CC2)O1)C(=O)C[C@H]3C. The first kappa shape index (κ1) is 22.8. The van der Waals surface area contributed by atoms with Gasteiger partial charge in [-0.2, -0.15) is 0 Å². The Morgan fingerprint density at radius 3 is 2.41 bits per heavy atom. The molecule has 8 atom stereocenters. The maximum absolute atomic E-state index is 14.0. The van der Waals surface area contributed by atoms with Crippen LogP contribution in [0.25, 0.3) is 0 Å². The predicted molar refractivity (Wildman–Crippen MR) is 114 cm³/mol. The van der Waals surface area contributed by atoms with Crippen molar-refractivity contribution < 1.29 is 32.9 Å². The van der Waals surface area contributed by atoms with E-state index in [9.17, 15) is 14.0 Å². The number of Topliss-reactive ketones (excluding diaryl/α,β-unsaturated/α-hetero) is 2. The summed E-state index contributed by atoms with van der Waals surface area (Å²) in [5.74, 6) is -0.420. The van der Waals surface area contributed by atoms with E-state index in [1.165, 1.54) is 0 Å². The standard InChI is InChI=1S/C24H32ClFO6/c1-11-8-15(27)14-9-16(12-4-6-13(26)7-5-12)31-23(14)24(11)22(28)19-17(29-2)10-18(30-3)20(25)21(19)32-24/h11-13,16-21H,4-10H2,1-3H3/t11-,12?,13?,16-,17?,18?,19?,20?,21?,24-/m1/s1. The van der Waals surface area contributed by atoms with E-state index in [0.29, 0.717) is 37.0 Å². The summed E-state index contributed by atoms with van der Waals surface area (Å²) < 4.78 is 37.9. The van der Waals surface area contributed by atoms with Crippen LogP contribution in [0.15, 0.2) is 11.3 Å². The molecule has 2 heterocycles. The molecule has 0 aromatic heterocycles. The van der Waals surface area contributed by atoms with Gasteiger partial charge in [0.15, 0.2) is 17.2 Å². The topological polar surface area (TPSA) is 71.1 Å². The Kier molecular flexibility index (Phi) is 5.92. The number of fused-ring (bicyclic) bond motifs is 2. The fourth-order valence-corrected chi connectivity index (χ4v) is 7.10. The minimum atomic E-state index is -1.32. The van der Waals surface area contributed by atoms with Gasteiger partial charge in [-0.1, -0.05) is 6.92 Å². The Hall–Kier alpha value is -1.02. The third-order valence-corrected chi connectivity index (χ3v) is 9.05. The first-order valence-electron chi connectivity index (χ1n) is 11.8. The molecule has 1 saturated heterocycles. The molecule has 5 rings (SSSR count). The summed E-state index contributed by atoms with van der Waals surface area (Å²) in [6.07, 6.45) is 1.47. The van der Waals surface area contributed by atoms with Crippen LogP contribution >= 0.6 is 11.6 Å². The van der Waals surface area contributed by atoms with E-state index in [-0.39, 0.29) is 48.1 Å². The van der Waals surface area contributed by atoms with Crippen LogP contribution in [0.4, 0.5) is 4.39 Å². The van der Waals surface area contributed by atoms with Gasteiger partial charge in [0.05, 0.1) is 29.6 Å². The molecule has 0 aromatic rings. The second kappa shape index (κ2) is 8.33. The molecular weight excluding hydrogens is 439 g/mol. The highest BCUT2D eigenvalue weighted by Gasteiger charge is 2.68. The van der Waals surface area contributed by atoms with Crippen molar-refractivity contribution in [1.29, 1.82) is 0 Å². The largest absolute Gasteiger partial charge is 0.490 e. The van der Waals surface area contributed by atoms with Gasteiger partial charge in [-0.15, -0.1) is 11.6 Å². The molecule has 0 amide bonds. The molecule has 178 valence electrons. The maximum Gasteiger partial charge on any atom is 0.187 e. The van der Waals surface area contributed by atoms with Crippen LogP contribution in [0.1, 0.15) is 51.9 Å². The Balaban J connectivity index is 1.49. The summed E-state index contributed by atoms with van der Waals surface area (Å²) in [4.78, 5) is 27.0. The molecule has 2 aliphatic heterocycles. The Labute approximate surface area is 193 Å². The lowest BCUT2D eigenvalue weighted by Crippen LogP contribution is -2.52. The Bertz CT molecular complexity index is 823. The van der Waals surface area contributed by atoms with Crippen LogP contribution in [0.3, 0.4) is 0 Å². The highest BCUT2D eigenvalue weighted by Crippen LogP contribution is 2.56. The molecule has 3 fully saturated rings. The lowest BCUT2D eigenvalue weighted by atomic mass is 9.69. The van der Waals surface area contributed by atoms with E-state index in [1.807, 2.05) is 6.92 Å². The molecule has 8 heteroatoms. The van der Waals surface area contributed by atoms with Gasteiger partial charge in [0.25, 0.3) is 0 Å². The zero-order chi connectivity index (χ0) is 22.8. The highest BCUT2D eigenvalue weighted by atomic mass is 35.5. The number of ketones is 2. The van der Waals surface area contributed by atoms with Gasteiger partial charge in [-0.25, -0.2) is 4.39 Å². The number of hydrogen-bond donors (Lipinski definition) is 0. The third-order valence-electron chi connectivity index (χ3n) is 8.52. The summed E-state index contributed by atoms with van der Waals surface area (Å²) in [5, 5.41) is -0.509. The molecule has 32 heavy (non-hydrogen) atoms. The number of carbonyl (C=O) groups excluding carboxylic acids is 2. The average Bonchev–Trinajstić information content (AvgIpc) is 3.36. The summed E-state index contributed by atoms with van der Waals surface area (Å²) in [7, 11) is 3.18. The van der Waals surface area contributed by atoms with E-state index in [0.717, 1.165) is 12.8 Å². The number of halogens is 2. The van der Waals surface area contributed by atoms with Gasteiger partial charge >= 0.3 is 0 Å².